The molecule has 1 aliphatic rings. The first-order chi connectivity index (χ1) is 9.19. The maximum Gasteiger partial charge on any atom is 0.238 e. The quantitative estimate of drug-likeness (QED) is 0.820. The van der Waals surface area contributed by atoms with Crippen LogP contribution in [0.15, 0.2) is 24.3 Å². The summed E-state index contributed by atoms with van der Waals surface area (Å²) >= 11 is 0. The Kier molecular flexibility index (Phi) is 4.93. The fraction of sp³-hybridized carbons (Fsp3) is 0.533. The minimum absolute atomic E-state index is 0.0472. The van der Waals surface area contributed by atoms with Crippen molar-refractivity contribution in [3.8, 4) is 0 Å². The summed E-state index contributed by atoms with van der Waals surface area (Å²) < 4.78 is 0. The Morgan fingerprint density at radius 1 is 1.47 bits per heavy atom. The van der Waals surface area contributed by atoms with Crippen molar-refractivity contribution < 1.29 is 4.79 Å². The number of hydrogen-bond donors (Lipinski definition) is 2. The van der Waals surface area contributed by atoms with Gasteiger partial charge in [0.25, 0.3) is 0 Å². The van der Waals surface area contributed by atoms with Crippen molar-refractivity contribution in [2.24, 2.45) is 5.73 Å². The Balaban J connectivity index is 1.88. The molecule has 104 valence electrons. The van der Waals surface area contributed by atoms with Crippen molar-refractivity contribution >= 4 is 11.6 Å². The fourth-order valence-corrected chi connectivity index (χ4v) is 2.42. The van der Waals surface area contributed by atoms with E-state index in [2.05, 4.69) is 10.2 Å². The van der Waals surface area contributed by atoms with E-state index in [9.17, 15) is 4.79 Å². The molecule has 3 N–H and O–H groups in total. The van der Waals surface area contributed by atoms with E-state index >= 15 is 0 Å². The molecule has 0 atom stereocenters. The molecular weight excluding hydrogens is 238 g/mol. The molecule has 0 saturated heterocycles. The lowest BCUT2D eigenvalue weighted by molar-refractivity contribution is -0.118. The van der Waals surface area contributed by atoms with E-state index in [0.29, 0.717) is 19.1 Å². The van der Waals surface area contributed by atoms with Crippen LogP contribution in [0.3, 0.4) is 0 Å². The SMILES string of the molecule is Cc1cccc(NC(=O)CN(CCN)C2CCC2)c1. The van der Waals surface area contributed by atoms with Crippen molar-refractivity contribution in [1.82, 2.24) is 4.90 Å². The smallest absolute Gasteiger partial charge is 0.238 e. The van der Waals surface area contributed by atoms with Crippen LogP contribution in [-0.4, -0.2) is 36.5 Å². The van der Waals surface area contributed by atoms with Gasteiger partial charge in [0.15, 0.2) is 0 Å². The van der Waals surface area contributed by atoms with Crippen molar-refractivity contribution in [3.05, 3.63) is 29.8 Å². The highest BCUT2D eigenvalue weighted by molar-refractivity contribution is 5.92. The van der Waals surface area contributed by atoms with Gasteiger partial charge in [-0.25, -0.2) is 0 Å². The van der Waals surface area contributed by atoms with Gasteiger partial charge in [0.1, 0.15) is 0 Å². The van der Waals surface area contributed by atoms with Crippen LogP contribution in [0.25, 0.3) is 0 Å². The molecule has 1 aromatic rings. The summed E-state index contributed by atoms with van der Waals surface area (Å²) in [5, 5.41) is 2.95. The summed E-state index contributed by atoms with van der Waals surface area (Å²) in [5.41, 5.74) is 7.64. The summed E-state index contributed by atoms with van der Waals surface area (Å²) in [6.07, 6.45) is 3.65. The lowest BCUT2D eigenvalue weighted by atomic mass is 9.91. The van der Waals surface area contributed by atoms with Gasteiger partial charge in [-0.05, 0) is 37.5 Å². The highest BCUT2D eigenvalue weighted by atomic mass is 16.2. The zero-order chi connectivity index (χ0) is 13.7. The molecule has 1 aliphatic carbocycles. The molecule has 4 heteroatoms. The maximum absolute atomic E-state index is 12.1. The molecule has 0 bridgehead atoms. The maximum atomic E-state index is 12.1. The van der Waals surface area contributed by atoms with Gasteiger partial charge >= 0.3 is 0 Å². The summed E-state index contributed by atoms with van der Waals surface area (Å²) in [5.74, 6) is 0.0472. The van der Waals surface area contributed by atoms with Crippen LogP contribution in [0.1, 0.15) is 24.8 Å². The van der Waals surface area contributed by atoms with Crippen LogP contribution in [-0.2, 0) is 4.79 Å². The number of nitrogens with one attached hydrogen (secondary N) is 1. The predicted molar refractivity (Wildman–Crippen MR) is 78.1 cm³/mol. The summed E-state index contributed by atoms with van der Waals surface area (Å²) in [6.45, 7) is 3.86. The summed E-state index contributed by atoms with van der Waals surface area (Å²) in [6, 6.07) is 8.42. The number of rotatable bonds is 6. The van der Waals surface area contributed by atoms with E-state index in [0.717, 1.165) is 17.8 Å². The molecule has 2 rings (SSSR count). The molecule has 0 aromatic heterocycles. The Morgan fingerprint density at radius 2 is 2.26 bits per heavy atom. The highest BCUT2D eigenvalue weighted by Crippen LogP contribution is 2.24. The Morgan fingerprint density at radius 3 is 2.84 bits per heavy atom. The van der Waals surface area contributed by atoms with Gasteiger partial charge < -0.3 is 11.1 Å². The third kappa shape index (κ3) is 4.04. The zero-order valence-corrected chi connectivity index (χ0v) is 11.6. The van der Waals surface area contributed by atoms with E-state index in [1.807, 2.05) is 31.2 Å². The van der Waals surface area contributed by atoms with Crippen LogP contribution in [0.5, 0.6) is 0 Å². The molecule has 0 aliphatic heterocycles. The minimum Gasteiger partial charge on any atom is -0.329 e. The molecule has 0 spiro atoms. The molecule has 1 fully saturated rings. The highest BCUT2D eigenvalue weighted by Gasteiger charge is 2.25. The molecule has 0 unspecified atom stereocenters. The van der Waals surface area contributed by atoms with Gasteiger partial charge in [0.05, 0.1) is 6.54 Å². The first kappa shape index (κ1) is 14.0. The van der Waals surface area contributed by atoms with E-state index in [1.165, 1.54) is 19.3 Å². The van der Waals surface area contributed by atoms with Crippen LogP contribution < -0.4 is 11.1 Å². The third-order valence-corrected chi connectivity index (χ3v) is 3.66. The lowest BCUT2D eigenvalue weighted by Gasteiger charge is -2.36. The van der Waals surface area contributed by atoms with Crippen molar-refractivity contribution in [2.75, 3.05) is 25.0 Å². The number of carbonyl (C=O) groups is 1. The number of anilines is 1. The molecule has 0 radical (unpaired) electrons. The van der Waals surface area contributed by atoms with Crippen molar-refractivity contribution in [1.29, 1.82) is 0 Å². The standard InChI is InChI=1S/C15H23N3O/c1-12-4-2-5-13(10-12)17-15(19)11-18(9-8-16)14-6-3-7-14/h2,4-5,10,14H,3,6-9,11,16H2,1H3,(H,17,19). The normalized spacial score (nSPS) is 15.3. The minimum atomic E-state index is 0.0472. The van der Waals surface area contributed by atoms with Gasteiger partial charge in [-0.1, -0.05) is 18.6 Å². The molecular formula is C15H23N3O. The number of amides is 1. The first-order valence-electron chi connectivity index (χ1n) is 6.99. The number of nitrogens with zero attached hydrogens (tertiary/aromatic N) is 1. The topological polar surface area (TPSA) is 58.4 Å². The lowest BCUT2D eigenvalue weighted by Crippen LogP contribution is -2.46. The zero-order valence-electron chi connectivity index (χ0n) is 11.6. The van der Waals surface area contributed by atoms with Crippen molar-refractivity contribution in [2.45, 2.75) is 32.2 Å². The second-order valence-electron chi connectivity index (χ2n) is 5.26. The van der Waals surface area contributed by atoms with E-state index in [4.69, 9.17) is 5.73 Å². The molecule has 19 heavy (non-hydrogen) atoms. The third-order valence-electron chi connectivity index (χ3n) is 3.66. The summed E-state index contributed by atoms with van der Waals surface area (Å²) in [7, 11) is 0. The Labute approximate surface area is 115 Å². The predicted octanol–water partition coefficient (Wildman–Crippen LogP) is 1.75. The largest absolute Gasteiger partial charge is 0.329 e. The van der Waals surface area contributed by atoms with Crippen LogP contribution >= 0.6 is 0 Å². The Hall–Kier alpha value is -1.39. The van der Waals surface area contributed by atoms with E-state index in [-0.39, 0.29) is 5.91 Å². The average Bonchev–Trinajstić information content (AvgIpc) is 2.26. The van der Waals surface area contributed by atoms with Gasteiger partial charge in [-0.3, -0.25) is 9.69 Å². The average molecular weight is 261 g/mol. The number of carbonyl (C=O) groups excluding carboxylic acids is 1. The molecule has 1 amide bonds. The van der Waals surface area contributed by atoms with Gasteiger partial charge in [-0.15, -0.1) is 0 Å². The first-order valence-corrected chi connectivity index (χ1v) is 6.99. The number of aryl methyl sites for hydroxylation is 1. The van der Waals surface area contributed by atoms with Crippen LogP contribution in [0.4, 0.5) is 5.69 Å². The number of nitrogens with two attached hydrogens (primary N) is 1. The fourth-order valence-electron chi connectivity index (χ4n) is 2.42. The molecule has 4 nitrogen and oxygen atoms in total. The monoisotopic (exact) mass is 261 g/mol. The molecule has 1 aromatic carbocycles. The van der Waals surface area contributed by atoms with E-state index in [1.54, 1.807) is 0 Å². The second kappa shape index (κ2) is 6.68. The van der Waals surface area contributed by atoms with Gasteiger partial charge in [0, 0.05) is 24.8 Å². The van der Waals surface area contributed by atoms with Crippen LogP contribution in [0.2, 0.25) is 0 Å². The van der Waals surface area contributed by atoms with Gasteiger partial charge in [0.2, 0.25) is 5.91 Å². The molecule has 1 saturated carbocycles. The number of benzene rings is 1. The van der Waals surface area contributed by atoms with Gasteiger partial charge in [-0.2, -0.15) is 0 Å². The number of hydrogen-bond acceptors (Lipinski definition) is 3. The Bertz CT molecular complexity index is 429. The second-order valence-corrected chi connectivity index (χ2v) is 5.26. The van der Waals surface area contributed by atoms with E-state index < -0.39 is 0 Å². The van der Waals surface area contributed by atoms with Crippen molar-refractivity contribution in [3.63, 3.8) is 0 Å². The summed E-state index contributed by atoms with van der Waals surface area (Å²) in [4.78, 5) is 14.3. The van der Waals surface area contributed by atoms with Crippen LogP contribution in [0, 0.1) is 6.92 Å². The molecule has 0 heterocycles.